The van der Waals surface area contributed by atoms with Crippen LogP contribution in [0.15, 0.2) is 81.1 Å². The van der Waals surface area contributed by atoms with E-state index in [-0.39, 0.29) is 5.56 Å². The van der Waals surface area contributed by atoms with Crippen LogP contribution in [-0.2, 0) is 5.75 Å². The molecular weight excluding hydrogens is 450 g/mol. The fraction of sp³-hybridized carbons (Fsp3) is 0.120. The van der Waals surface area contributed by atoms with Crippen LogP contribution in [0.25, 0.3) is 33.5 Å². The van der Waals surface area contributed by atoms with Crippen LogP contribution in [0.3, 0.4) is 0 Å². The molecule has 0 aliphatic rings. The number of hydrogen-bond donors (Lipinski definition) is 0. The first-order valence-corrected chi connectivity index (χ1v) is 11.6. The summed E-state index contributed by atoms with van der Waals surface area (Å²) in [4.78, 5) is 18.2. The van der Waals surface area contributed by atoms with Crippen LogP contribution in [0.5, 0.6) is 5.75 Å². The molecule has 8 nitrogen and oxygen atoms in total. The Morgan fingerprint density at radius 3 is 2.71 bits per heavy atom. The lowest BCUT2D eigenvalue weighted by molar-refractivity contribution is 0.412. The maximum atomic E-state index is 13.6. The summed E-state index contributed by atoms with van der Waals surface area (Å²) in [7, 11) is 1.59. The van der Waals surface area contributed by atoms with E-state index >= 15 is 0 Å². The molecule has 168 valence electrons. The summed E-state index contributed by atoms with van der Waals surface area (Å²) in [6.07, 6.45) is 0. The minimum absolute atomic E-state index is 0.185. The third kappa shape index (κ3) is 3.24. The van der Waals surface area contributed by atoms with Crippen LogP contribution in [0.4, 0.5) is 0 Å². The van der Waals surface area contributed by atoms with E-state index in [1.54, 1.807) is 11.7 Å². The predicted octanol–water partition coefficient (Wildman–Crippen LogP) is 4.78. The monoisotopic (exact) mass is 469 g/mol. The van der Waals surface area contributed by atoms with Gasteiger partial charge >= 0.3 is 0 Å². The molecule has 0 saturated carbocycles. The minimum atomic E-state index is -0.185. The van der Waals surface area contributed by atoms with Crippen molar-refractivity contribution >= 4 is 39.5 Å². The lowest BCUT2D eigenvalue weighted by atomic mass is 10.2. The molecule has 0 amide bonds. The van der Waals surface area contributed by atoms with Crippen LogP contribution >= 0.6 is 11.8 Å². The van der Waals surface area contributed by atoms with Crippen LogP contribution in [0.1, 0.15) is 11.5 Å². The normalized spacial score (nSPS) is 11.6. The zero-order valence-electron chi connectivity index (χ0n) is 18.4. The lowest BCUT2D eigenvalue weighted by Crippen LogP contribution is -2.22. The van der Waals surface area contributed by atoms with Gasteiger partial charge in [0, 0.05) is 0 Å². The number of hydrogen-bond acceptors (Lipinski definition) is 7. The molecule has 0 unspecified atom stereocenters. The second-order valence-corrected chi connectivity index (χ2v) is 8.76. The average Bonchev–Trinajstić information content (AvgIpc) is 3.47. The zero-order valence-corrected chi connectivity index (χ0v) is 19.2. The number of aryl methyl sites for hydroxylation is 1. The first-order valence-electron chi connectivity index (χ1n) is 10.6. The highest BCUT2D eigenvalue weighted by Crippen LogP contribution is 2.29. The Morgan fingerprint density at radius 1 is 1.03 bits per heavy atom. The smallest absolute Gasteiger partial charge is 0.267 e. The van der Waals surface area contributed by atoms with Gasteiger partial charge < -0.3 is 9.15 Å². The highest BCUT2D eigenvalue weighted by Gasteiger charge is 2.20. The molecule has 0 spiro atoms. The van der Waals surface area contributed by atoms with Gasteiger partial charge in [0.05, 0.1) is 29.5 Å². The maximum Gasteiger partial charge on any atom is 0.267 e. The van der Waals surface area contributed by atoms with Crippen molar-refractivity contribution in [1.82, 2.24) is 24.1 Å². The summed E-state index contributed by atoms with van der Waals surface area (Å²) in [5.41, 5.74) is 3.72. The molecule has 0 saturated heterocycles. The van der Waals surface area contributed by atoms with E-state index in [0.29, 0.717) is 39.4 Å². The van der Waals surface area contributed by atoms with E-state index in [0.717, 1.165) is 22.2 Å². The topological polar surface area (TPSA) is 87.5 Å². The van der Waals surface area contributed by atoms with Crippen molar-refractivity contribution in [2.75, 3.05) is 7.11 Å². The van der Waals surface area contributed by atoms with Crippen molar-refractivity contribution in [3.8, 4) is 11.4 Å². The number of nitrogens with zero attached hydrogens (tertiary/aromatic N) is 5. The van der Waals surface area contributed by atoms with E-state index in [4.69, 9.17) is 9.15 Å². The summed E-state index contributed by atoms with van der Waals surface area (Å²) in [6, 6.07) is 20.8. The number of ether oxygens (including phenoxy) is 1. The van der Waals surface area contributed by atoms with Gasteiger partial charge in [0.25, 0.3) is 5.56 Å². The largest absolute Gasteiger partial charge is 0.495 e. The molecule has 3 aromatic heterocycles. The minimum Gasteiger partial charge on any atom is -0.495 e. The summed E-state index contributed by atoms with van der Waals surface area (Å²) in [5.74, 6) is 2.05. The van der Waals surface area contributed by atoms with Crippen molar-refractivity contribution in [1.29, 1.82) is 0 Å². The van der Waals surface area contributed by atoms with E-state index in [1.807, 2.05) is 78.1 Å². The van der Waals surface area contributed by atoms with Gasteiger partial charge in [-0.25, -0.2) is 9.55 Å². The summed E-state index contributed by atoms with van der Waals surface area (Å²) in [5, 5.41) is 10.0. The molecule has 0 radical (unpaired) electrons. The number of benzene rings is 3. The van der Waals surface area contributed by atoms with Crippen LogP contribution < -0.4 is 10.3 Å². The van der Waals surface area contributed by atoms with E-state index in [1.165, 1.54) is 11.8 Å². The van der Waals surface area contributed by atoms with Gasteiger partial charge in [0.15, 0.2) is 10.7 Å². The Kier molecular flexibility index (Phi) is 4.84. The number of fused-ring (bicyclic) bond motifs is 4. The van der Waals surface area contributed by atoms with E-state index in [2.05, 4.69) is 15.2 Å². The number of para-hydroxylation sites is 3. The lowest BCUT2D eigenvalue weighted by Gasteiger charge is -2.14. The highest BCUT2D eigenvalue weighted by molar-refractivity contribution is 7.98. The van der Waals surface area contributed by atoms with Crippen molar-refractivity contribution in [2.24, 2.45) is 0 Å². The van der Waals surface area contributed by atoms with Crippen molar-refractivity contribution < 1.29 is 9.15 Å². The Labute approximate surface area is 197 Å². The van der Waals surface area contributed by atoms with Crippen LogP contribution in [0, 0.1) is 6.92 Å². The Hall–Kier alpha value is -4.11. The molecule has 0 bridgehead atoms. The first-order chi connectivity index (χ1) is 16.6. The second-order valence-electron chi connectivity index (χ2n) is 7.82. The summed E-state index contributed by atoms with van der Waals surface area (Å²) < 4.78 is 14.9. The molecule has 6 aromatic rings. The third-order valence-electron chi connectivity index (χ3n) is 5.63. The quantitative estimate of drug-likeness (QED) is 0.336. The molecule has 0 N–H and O–H groups in total. The predicted molar refractivity (Wildman–Crippen MR) is 131 cm³/mol. The molecule has 0 aliphatic heterocycles. The molecule has 0 aliphatic carbocycles. The SMILES string of the molecule is COc1ccc(C)cc1-n1c(=O)c2ccccc2n2c(SCc3nc4ccccc4o3)nnc12. The number of oxazole rings is 1. The Balaban J connectivity index is 1.54. The summed E-state index contributed by atoms with van der Waals surface area (Å²) >= 11 is 1.45. The second kappa shape index (κ2) is 8.03. The average molecular weight is 470 g/mol. The van der Waals surface area contributed by atoms with Gasteiger partial charge in [-0.1, -0.05) is 42.1 Å². The van der Waals surface area contributed by atoms with Gasteiger partial charge in [-0.3, -0.25) is 9.20 Å². The van der Waals surface area contributed by atoms with E-state index in [9.17, 15) is 4.79 Å². The fourth-order valence-electron chi connectivity index (χ4n) is 4.07. The van der Waals surface area contributed by atoms with Crippen LogP contribution in [0.2, 0.25) is 0 Å². The van der Waals surface area contributed by atoms with E-state index < -0.39 is 0 Å². The van der Waals surface area contributed by atoms with Crippen LogP contribution in [-0.4, -0.2) is 31.3 Å². The van der Waals surface area contributed by atoms with Gasteiger partial charge in [-0.15, -0.1) is 10.2 Å². The van der Waals surface area contributed by atoms with Crippen molar-refractivity contribution in [3.63, 3.8) is 0 Å². The maximum absolute atomic E-state index is 13.6. The van der Waals surface area contributed by atoms with Gasteiger partial charge in [-0.05, 0) is 48.9 Å². The number of thioether (sulfide) groups is 1. The third-order valence-corrected chi connectivity index (χ3v) is 6.55. The van der Waals surface area contributed by atoms with Crippen molar-refractivity contribution in [2.45, 2.75) is 17.8 Å². The van der Waals surface area contributed by atoms with Gasteiger partial charge in [0.1, 0.15) is 11.3 Å². The molecule has 0 fully saturated rings. The van der Waals surface area contributed by atoms with Crippen molar-refractivity contribution in [3.05, 3.63) is 88.5 Å². The number of rotatable bonds is 5. The molecule has 3 aromatic carbocycles. The summed E-state index contributed by atoms with van der Waals surface area (Å²) in [6.45, 7) is 1.97. The number of aromatic nitrogens is 5. The van der Waals surface area contributed by atoms with Gasteiger partial charge in [0.2, 0.25) is 11.7 Å². The molecular formula is C25H19N5O3S. The molecule has 0 atom stereocenters. The first kappa shape index (κ1) is 20.5. The number of methoxy groups -OCH3 is 1. The molecule has 34 heavy (non-hydrogen) atoms. The fourth-order valence-corrected chi connectivity index (χ4v) is 4.86. The molecule has 3 heterocycles. The Bertz CT molecular complexity index is 1720. The van der Waals surface area contributed by atoms with Gasteiger partial charge in [-0.2, -0.15) is 0 Å². The highest BCUT2D eigenvalue weighted by atomic mass is 32.2. The zero-order chi connectivity index (χ0) is 23.2. The molecule has 6 rings (SSSR count). The standard InChI is InChI=1S/C25H19N5O3S/c1-15-11-12-21(32-2)19(13-15)29-23(31)16-7-3-5-9-18(16)30-24(29)27-28-25(30)34-14-22-26-17-8-4-6-10-20(17)33-22/h3-13H,14H2,1-2H3. The Morgan fingerprint density at radius 2 is 1.85 bits per heavy atom. The molecule has 9 heteroatoms.